The molecule has 4 heteroatoms. The van der Waals surface area contributed by atoms with Gasteiger partial charge in [-0.05, 0) is 30.2 Å². The van der Waals surface area contributed by atoms with Crippen molar-refractivity contribution in [3.05, 3.63) is 75.9 Å². The molecule has 0 unspecified atom stereocenters. The normalized spacial score (nSPS) is 10.8. The van der Waals surface area contributed by atoms with Gasteiger partial charge in [-0.15, -0.1) is 0 Å². The van der Waals surface area contributed by atoms with Crippen molar-refractivity contribution in [2.75, 3.05) is 5.32 Å². The maximum atomic E-state index is 12.0. The third kappa shape index (κ3) is 4.35. The van der Waals surface area contributed by atoms with Crippen LogP contribution < -0.4 is 5.32 Å². The van der Waals surface area contributed by atoms with Crippen LogP contribution in [0.5, 0.6) is 0 Å². The van der Waals surface area contributed by atoms with Crippen LogP contribution in [-0.4, -0.2) is 5.78 Å². The highest BCUT2D eigenvalue weighted by Gasteiger charge is 2.02. The largest absolute Gasteiger partial charge is 0.360 e. The fourth-order valence-corrected chi connectivity index (χ4v) is 2.16. The summed E-state index contributed by atoms with van der Waals surface area (Å²) in [5.74, 6) is -0.0664. The second-order valence-electron chi connectivity index (χ2n) is 4.52. The van der Waals surface area contributed by atoms with Crippen molar-refractivity contribution in [2.24, 2.45) is 0 Å². The molecule has 2 aromatic carbocycles. The van der Waals surface area contributed by atoms with Crippen LogP contribution in [0, 0.1) is 0 Å². The molecule has 0 atom stereocenters. The molecular weight excluding hydrogens is 305 g/mol. The number of hydrogen-bond donors (Lipinski definition) is 1. The summed E-state index contributed by atoms with van der Waals surface area (Å²) in [5, 5.41) is 4.08. The molecule has 0 saturated heterocycles. The first-order valence-corrected chi connectivity index (χ1v) is 7.37. The number of hydrogen-bond acceptors (Lipinski definition) is 2. The molecule has 1 N–H and O–H groups in total. The number of halogens is 2. The van der Waals surface area contributed by atoms with Crippen LogP contribution in [0.4, 0.5) is 5.69 Å². The van der Waals surface area contributed by atoms with Crippen LogP contribution in [0.1, 0.15) is 22.8 Å². The van der Waals surface area contributed by atoms with Gasteiger partial charge >= 0.3 is 0 Å². The summed E-state index contributed by atoms with van der Waals surface area (Å²) in [4.78, 5) is 12.0. The Labute approximate surface area is 134 Å². The summed E-state index contributed by atoms with van der Waals surface area (Å²) in [6.45, 7) is 2.08. The Bertz CT molecular complexity index is 663. The maximum absolute atomic E-state index is 12.0. The van der Waals surface area contributed by atoms with Crippen LogP contribution in [0.25, 0.3) is 0 Å². The van der Waals surface area contributed by atoms with Crippen molar-refractivity contribution < 1.29 is 4.79 Å². The molecule has 0 heterocycles. The van der Waals surface area contributed by atoms with Gasteiger partial charge in [0.15, 0.2) is 5.78 Å². The van der Waals surface area contributed by atoms with Crippen LogP contribution in [0.15, 0.2) is 54.7 Å². The summed E-state index contributed by atoms with van der Waals surface area (Å²) >= 11 is 11.9. The van der Waals surface area contributed by atoms with Gasteiger partial charge in [0, 0.05) is 22.9 Å². The van der Waals surface area contributed by atoms with Gasteiger partial charge in [-0.1, -0.05) is 54.4 Å². The van der Waals surface area contributed by atoms with Crippen molar-refractivity contribution in [2.45, 2.75) is 13.3 Å². The van der Waals surface area contributed by atoms with Gasteiger partial charge in [-0.3, -0.25) is 4.79 Å². The summed E-state index contributed by atoms with van der Waals surface area (Å²) in [7, 11) is 0. The van der Waals surface area contributed by atoms with Crippen LogP contribution in [0.3, 0.4) is 0 Å². The van der Waals surface area contributed by atoms with Crippen molar-refractivity contribution in [1.82, 2.24) is 0 Å². The molecule has 2 rings (SSSR count). The van der Waals surface area contributed by atoms with Crippen LogP contribution in [0.2, 0.25) is 10.0 Å². The van der Waals surface area contributed by atoms with E-state index in [1.165, 1.54) is 11.6 Å². The van der Waals surface area contributed by atoms with Crippen LogP contribution in [-0.2, 0) is 6.42 Å². The molecule has 0 fully saturated rings. The summed E-state index contributed by atoms with van der Waals surface area (Å²) < 4.78 is 0. The van der Waals surface area contributed by atoms with E-state index in [-0.39, 0.29) is 5.78 Å². The lowest BCUT2D eigenvalue weighted by Gasteiger charge is -2.04. The average molecular weight is 320 g/mol. The van der Waals surface area contributed by atoms with E-state index in [2.05, 4.69) is 12.2 Å². The number of allylic oxidation sites excluding steroid dienone is 1. The maximum Gasteiger partial charge on any atom is 0.187 e. The highest BCUT2D eigenvalue weighted by molar-refractivity contribution is 6.35. The van der Waals surface area contributed by atoms with Crippen molar-refractivity contribution >= 4 is 34.7 Å². The fourth-order valence-electron chi connectivity index (χ4n) is 1.82. The van der Waals surface area contributed by atoms with E-state index >= 15 is 0 Å². The molecule has 21 heavy (non-hydrogen) atoms. The molecule has 0 aliphatic heterocycles. The molecule has 2 aromatic rings. The molecule has 108 valence electrons. The lowest BCUT2D eigenvalue weighted by Crippen LogP contribution is -1.97. The topological polar surface area (TPSA) is 29.1 Å². The lowest BCUT2D eigenvalue weighted by molar-refractivity contribution is 0.104. The first-order valence-electron chi connectivity index (χ1n) is 6.61. The average Bonchev–Trinajstić information content (AvgIpc) is 2.50. The van der Waals surface area contributed by atoms with Gasteiger partial charge in [-0.2, -0.15) is 0 Å². The quantitative estimate of drug-likeness (QED) is 0.593. The van der Waals surface area contributed by atoms with E-state index in [0.717, 1.165) is 6.42 Å². The van der Waals surface area contributed by atoms with E-state index in [9.17, 15) is 4.79 Å². The van der Waals surface area contributed by atoms with Gasteiger partial charge in [0.25, 0.3) is 0 Å². The molecule has 0 bridgehead atoms. The Balaban J connectivity index is 2.03. The number of aryl methyl sites for hydroxylation is 1. The van der Waals surface area contributed by atoms with E-state index in [4.69, 9.17) is 23.2 Å². The molecule has 0 saturated carbocycles. The Morgan fingerprint density at radius 3 is 2.52 bits per heavy atom. The molecule has 0 aliphatic carbocycles. The number of anilines is 1. The molecule has 0 aliphatic rings. The predicted molar refractivity (Wildman–Crippen MR) is 89.4 cm³/mol. The monoisotopic (exact) mass is 319 g/mol. The van der Waals surface area contributed by atoms with E-state index in [0.29, 0.717) is 21.3 Å². The summed E-state index contributed by atoms with van der Waals surface area (Å²) in [5.41, 5.74) is 2.52. The highest BCUT2D eigenvalue weighted by atomic mass is 35.5. The van der Waals surface area contributed by atoms with Crippen molar-refractivity contribution in [3.63, 3.8) is 0 Å². The number of carbonyl (C=O) groups excluding carboxylic acids is 1. The minimum absolute atomic E-state index is 0.0664. The number of carbonyl (C=O) groups is 1. The second kappa shape index (κ2) is 7.30. The van der Waals surface area contributed by atoms with E-state index < -0.39 is 0 Å². The van der Waals surface area contributed by atoms with E-state index in [1.54, 1.807) is 24.4 Å². The van der Waals surface area contributed by atoms with Crippen LogP contribution >= 0.6 is 23.2 Å². The molecule has 0 spiro atoms. The van der Waals surface area contributed by atoms with Gasteiger partial charge in [-0.25, -0.2) is 0 Å². The minimum atomic E-state index is -0.0664. The number of ketones is 1. The summed E-state index contributed by atoms with van der Waals surface area (Å²) in [6.07, 6.45) is 3.99. The van der Waals surface area contributed by atoms with Gasteiger partial charge < -0.3 is 5.32 Å². The molecular formula is C17H15Cl2NO. The fraction of sp³-hybridized carbons (Fsp3) is 0.118. The Hall–Kier alpha value is -1.77. The number of nitrogens with one attached hydrogen (secondary N) is 1. The van der Waals surface area contributed by atoms with Gasteiger partial charge in [0.2, 0.25) is 0 Å². The Kier molecular flexibility index (Phi) is 5.43. The van der Waals surface area contributed by atoms with Gasteiger partial charge in [0.05, 0.1) is 10.7 Å². The Morgan fingerprint density at radius 2 is 1.86 bits per heavy atom. The van der Waals surface area contributed by atoms with Gasteiger partial charge in [0.1, 0.15) is 0 Å². The molecule has 2 nitrogen and oxygen atoms in total. The zero-order chi connectivity index (χ0) is 15.2. The van der Waals surface area contributed by atoms with Crippen molar-refractivity contribution in [1.29, 1.82) is 0 Å². The minimum Gasteiger partial charge on any atom is -0.360 e. The van der Waals surface area contributed by atoms with Crippen molar-refractivity contribution in [3.8, 4) is 0 Å². The second-order valence-corrected chi connectivity index (χ2v) is 5.36. The summed E-state index contributed by atoms with van der Waals surface area (Å²) in [6, 6.07) is 12.7. The first kappa shape index (κ1) is 15.6. The first-order chi connectivity index (χ1) is 10.1. The predicted octanol–water partition coefficient (Wildman–Crippen LogP) is 5.36. The molecule has 0 radical (unpaired) electrons. The Morgan fingerprint density at radius 1 is 1.14 bits per heavy atom. The third-order valence-electron chi connectivity index (χ3n) is 3.05. The zero-order valence-corrected chi connectivity index (χ0v) is 13.1. The molecule has 0 aromatic heterocycles. The SMILES string of the molecule is CCc1ccc(C(=O)C=CNc2cc(Cl)ccc2Cl)cc1. The number of rotatable bonds is 5. The number of benzene rings is 2. The highest BCUT2D eigenvalue weighted by Crippen LogP contribution is 2.25. The standard InChI is InChI=1S/C17H15Cl2NO/c1-2-12-3-5-13(6-4-12)17(21)9-10-20-16-11-14(18)7-8-15(16)19/h3-11,20H,2H2,1H3. The zero-order valence-electron chi connectivity index (χ0n) is 11.6. The molecule has 0 amide bonds. The smallest absolute Gasteiger partial charge is 0.187 e. The lowest BCUT2D eigenvalue weighted by atomic mass is 10.1. The van der Waals surface area contributed by atoms with E-state index in [1.807, 2.05) is 24.3 Å². The third-order valence-corrected chi connectivity index (χ3v) is 3.61.